The molecule has 0 aliphatic rings. The zero-order valence-electron chi connectivity index (χ0n) is 29.3. The second-order valence-corrected chi connectivity index (χ2v) is 13.4. The minimum atomic E-state index is -2.32. The third kappa shape index (κ3) is 5.59. The standard InChI is InChI=1S/C39H37N4O.Pt/c1-38(2,3)26-15-17-31-32-18-16-30(24-36(32)43(35(31)21-26)37-22-27(19-20-40-37)39(4,5)6)44-29-12-10-11-28(23-29)42-25-41(7)33-13-8-9-14-34(33)42;/h8-22,25H,1-7H3;/q-1;/i7D3;. The maximum atomic E-state index is 8.03. The van der Waals surface area contributed by atoms with E-state index in [1.807, 2.05) is 53.2 Å². The van der Waals surface area contributed by atoms with E-state index in [1.54, 1.807) is 12.4 Å². The maximum Gasteiger partial charge on any atom is 0.188 e. The molecule has 3 aromatic heterocycles. The van der Waals surface area contributed by atoms with E-state index in [0.717, 1.165) is 33.1 Å². The number of benzene rings is 4. The van der Waals surface area contributed by atoms with Gasteiger partial charge in [-0.25, -0.2) is 14.1 Å². The predicted molar refractivity (Wildman–Crippen MR) is 180 cm³/mol. The minimum Gasteiger partial charge on any atom is -0.508 e. The van der Waals surface area contributed by atoms with Crippen LogP contribution in [-0.4, -0.2) is 18.7 Å². The molecule has 0 amide bonds. The van der Waals surface area contributed by atoms with Crippen molar-refractivity contribution in [1.29, 1.82) is 0 Å². The molecule has 0 radical (unpaired) electrons. The maximum absolute atomic E-state index is 8.03. The zero-order chi connectivity index (χ0) is 33.3. The first-order chi connectivity index (χ1) is 22.2. The Morgan fingerprint density at radius 1 is 0.733 bits per heavy atom. The van der Waals surface area contributed by atoms with Gasteiger partial charge in [-0.3, -0.25) is 0 Å². The summed E-state index contributed by atoms with van der Waals surface area (Å²) in [5, 5.41) is 2.18. The number of imidazole rings is 1. The molecule has 0 spiro atoms. The van der Waals surface area contributed by atoms with Gasteiger partial charge in [-0.15, -0.1) is 29.7 Å². The van der Waals surface area contributed by atoms with Crippen molar-refractivity contribution in [2.24, 2.45) is 6.98 Å². The number of ether oxygens (including phenoxy) is 1. The summed E-state index contributed by atoms with van der Waals surface area (Å²) in [6, 6.07) is 34.8. The number of hydrogen-bond donors (Lipinski definition) is 0. The van der Waals surface area contributed by atoms with Crippen LogP contribution in [0.2, 0.25) is 0 Å². The van der Waals surface area contributed by atoms with Crippen molar-refractivity contribution in [3.63, 3.8) is 0 Å². The van der Waals surface area contributed by atoms with E-state index < -0.39 is 6.98 Å². The van der Waals surface area contributed by atoms with Crippen LogP contribution in [0, 0.1) is 12.1 Å². The average molecular weight is 776 g/mol. The summed E-state index contributed by atoms with van der Waals surface area (Å²) in [6.45, 7) is 11.0. The van der Waals surface area contributed by atoms with Gasteiger partial charge in [0.05, 0.1) is 0 Å². The van der Waals surface area contributed by atoms with Gasteiger partial charge in [-0.2, -0.15) is 12.1 Å². The van der Waals surface area contributed by atoms with E-state index in [1.165, 1.54) is 15.7 Å². The predicted octanol–water partition coefficient (Wildman–Crippen LogP) is 9.73. The van der Waals surface area contributed by atoms with Crippen LogP contribution >= 0.6 is 0 Å². The van der Waals surface area contributed by atoms with Gasteiger partial charge in [0.2, 0.25) is 0 Å². The summed E-state index contributed by atoms with van der Waals surface area (Å²) in [4.78, 5) is 4.84. The molecular formula is C39H37N4OPt-. The second-order valence-electron chi connectivity index (χ2n) is 13.4. The normalized spacial score (nSPS) is 13.4. The fourth-order valence-corrected chi connectivity index (χ4v) is 5.75. The molecule has 0 atom stereocenters. The summed E-state index contributed by atoms with van der Waals surface area (Å²) in [7, 11) is 0. The number of rotatable bonds is 4. The van der Waals surface area contributed by atoms with E-state index >= 15 is 0 Å². The van der Waals surface area contributed by atoms with E-state index in [4.69, 9.17) is 13.8 Å². The van der Waals surface area contributed by atoms with E-state index in [2.05, 4.69) is 94.6 Å². The van der Waals surface area contributed by atoms with Crippen LogP contribution in [0.1, 0.15) is 56.8 Å². The quantitative estimate of drug-likeness (QED) is 0.167. The van der Waals surface area contributed by atoms with Crippen molar-refractivity contribution >= 4 is 32.8 Å². The monoisotopic (exact) mass is 775 g/mol. The van der Waals surface area contributed by atoms with Gasteiger partial charge < -0.3 is 9.30 Å². The van der Waals surface area contributed by atoms with Gasteiger partial charge >= 0.3 is 0 Å². The first kappa shape index (κ1) is 27.1. The molecule has 7 rings (SSSR count). The minimum absolute atomic E-state index is 0. The molecule has 0 aliphatic carbocycles. The Morgan fingerprint density at radius 2 is 1.44 bits per heavy atom. The van der Waals surface area contributed by atoms with Crippen LogP contribution in [0.4, 0.5) is 0 Å². The molecule has 0 unspecified atom stereocenters. The molecule has 3 heterocycles. The molecule has 0 aliphatic heterocycles. The Morgan fingerprint density at radius 3 is 2.20 bits per heavy atom. The number of nitrogens with zero attached hydrogens (tertiary/aromatic N) is 4. The van der Waals surface area contributed by atoms with Crippen molar-refractivity contribution in [2.45, 2.75) is 52.4 Å². The molecule has 0 fully saturated rings. The molecule has 6 heteroatoms. The number of aromatic nitrogens is 4. The SMILES string of the molecule is [2H]C([2H])([2H])n1[cH+]n(-c2[c-]c(Oc3[c-]c4c(cc3)c3ccc(C(C)(C)C)cc3n4-c3cc(C(C)(C)C)ccn3)ccc2)c2ccccc21.[Pt]. The Kier molecular flexibility index (Phi) is 6.81. The molecule has 0 N–H and O–H groups in total. The smallest absolute Gasteiger partial charge is 0.188 e. The number of aryl methyl sites for hydroxylation is 1. The second kappa shape index (κ2) is 11.3. The Bertz CT molecular complexity index is 2310. The Labute approximate surface area is 283 Å². The summed E-state index contributed by atoms with van der Waals surface area (Å²) < 4.78 is 35.8. The van der Waals surface area contributed by atoms with Crippen LogP contribution in [0.3, 0.4) is 0 Å². The van der Waals surface area contributed by atoms with Crippen LogP contribution in [0.25, 0.3) is 44.3 Å². The topological polar surface area (TPSA) is 36.9 Å². The fourth-order valence-electron chi connectivity index (χ4n) is 5.75. The molecule has 4 aromatic carbocycles. The van der Waals surface area contributed by atoms with Gasteiger partial charge in [0.1, 0.15) is 5.82 Å². The van der Waals surface area contributed by atoms with Gasteiger partial charge in [-0.05, 0) is 57.7 Å². The van der Waals surface area contributed by atoms with Crippen molar-refractivity contribution in [3.8, 4) is 23.0 Å². The average Bonchev–Trinajstić information content (AvgIpc) is 3.56. The molecule has 5 nitrogen and oxygen atoms in total. The fraction of sp³-hybridized carbons (Fsp3) is 0.231. The van der Waals surface area contributed by atoms with Crippen molar-refractivity contribution < 1.29 is 29.9 Å². The molecule has 0 saturated heterocycles. The summed E-state index contributed by atoms with van der Waals surface area (Å²) in [5.41, 5.74) is 6.33. The number of hydrogen-bond acceptors (Lipinski definition) is 2. The summed E-state index contributed by atoms with van der Waals surface area (Å²) in [5.74, 6) is 1.85. The van der Waals surface area contributed by atoms with Crippen LogP contribution < -0.4 is 4.74 Å². The number of para-hydroxylation sites is 2. The molecule has 7 aromatic rings. The van der Waals surface area contributed by atoms with Crippen LogP contribution in [-0.2, 0) is 38.9 Å². The first-order valence-electron chi connectivity index (χ1n) is 16.4. The Hall–Kier alpha value is -4.21. The third-order valence-corrected chi connectivity index (χ3v) is 8.22. The number of fused-ring (bicyclic) bond motifs is 4. The molecule has 0 saturated carbocycles. The van der Waals surface area contributed by atoms with Gasteiger partial charge in [-0.1, -0.05) is 65.3 Å². The van der Waals surface area contributed by atoms with Crippen molar-refractivity contribution in [1.82, 2.24) is 18.7 Å². The van der Waals surface area contributed by atoms with Gasteiger partial charge in [0.15, 0.2) is 17.4 Å². The summed E-state index contributed by atoms with van der Waals surface area (Å²) >= 11 is 0. The largest absolute Gasteiger partial charge is 0.508 e. The van der Waals surface area contributed by atoms with E-state index in [-0.39, 0.29) is 31.9 Å². The van der Waals surface area contributed by atoms with Crippen LogP contribution in [0.15, 0.2) is 97.5 Å². The van der Waals surface area contributed by atoms with Crippen molar-refractivity contribution in [2.75, 3.05) is 0 Å². The van der Waals surface area contributed by atoms with Gasteiger partial charge in [0.25, 0.3) is 0 Å². The van der Waals surface area contributed by atoms with Crippen molar-refractivity contribution in [3.05, 3.63) is 121 Å². The molecule has 0 bridgehead atoms. The van der Waals surface area contributed by atoms with Gasteiger partial charge in [0, 0.05) is 73.2 Å². The number of pyridine rings is 1. The third-order valence-electron chi connectivity index (χ3n) is 8.22. The van der Waals surface area contributed by atoms with E-state index in [9.17, 15) is 0 Å². The first-order valence-corrected chi connectivity index (χ1v) is 14.9. The van der Waals surface area contributed by atoms with E-state index in [0.29, 0.717) is 22.7 Å². The summed E-state index contributed by atoms with van der Waals surface area (Å²) in [6.07, 6.45) is 3.47. The zero-order valence-corrected chi connectivity index (χ0v) is 28.5. The molecule has 45 heavy (non-hydrogen) atoms. The molecule has 230 valence electrons. The molecular weight excluding hydrogens is 736 g/mol. The van der Waals surface area contributed by atoms with Crippen LogP contribution in [0.5, 0.6) is 11.5 Å². The Balaban J connectivity index is 0.00000401.